The number of amides is 2. The van der Waals surface area contributed by atoms with Crippen molar-refractivity contribution < 1.29 is 14.0 Å². The Morgan fingerprint density at radius 1 is 0.893 bits per heavy atom. The normalized spacial score (nSPS) is 27.5. The molecule has 3 aliphatic heterocycles. The number of hydrogen-bond acceptors (Lipinski definition) is 4. The van der Waals surface area contributed by atoms with Gasteiger partial charge in [0, 0.05) is 13.1 Å². The van der Waals surface area contributed by atoms with E-state index in [1.807, 2.05) is 24.3 Å². The second kappa shape index (κ2) is 6.50. The molecular weight excluding hydrogens is 357 g/mol. The molecule has 0 radical (unpaired) electrons. The Kier molecular flexibility index (Phi) is 4.07. The van der Waals surface area contributed by atoms with Crippen molar-refractivity contribution in [2.45, 2.75) is 31.8 Å². The zero-order chi connectivity index (χ0) is 19.4. The van der Waals surface area contributed by atoms with Gasteiger partial charge in [0.05, 0.1) is 17.6 Å². The highest BCUT2D eigenvalue weighted by Crippen LogP contribution is 2.48. The molecule has 2 aromatic rings. The SMILES string of the molecule is CCc1ccc(N2C(=O)[C@@H]3[C@@H](c4ccc(F)cc4)N4CCCN4[C@H]3C2=O)cc1. The molecule has 3 saturated heterocycles. The van der Waals surface area contributed by atoms with Gasteiger partial charge in [0.1, 0.15) is 11.9 Å². The van der Waals surface area contributed by atoms with E-state index < -0.39 is 12.0 Å². The summed E-state index contributed by atoms with van der Waals surface area (Å²) in [5.74, 6) is -1.09. The first-order chi connectivity index (χ1) is 13.6. The Morgan fingerprint density at radius 2 is 1.54 bits per heavy atom. The number of aryl methyl sites for hydroxylation is 1. The van der Waals surface area contributed by atoms with Crippen LogP contribution < -0.4 is 4.90 Å². The highest BCUT2D eigenvalue weighted by atomic mass is 19.1. The van der Waals surface area contributed by atoms with E-state index in [0.29, 0.717) is 5.69 Å². The zero-order valence-corrected chi connectivity index (χ0v) is 15.7. The number of hydrazine groups is 1. The molecule has 3 fully saturated rings. The molecule has 3 aliphatic rings. The molecule has 0 aromatic heterocycles. The number of nitrogens with zero attached hydrogens (tertiary/aromatic N) is 3. The van der Waals surface area contributed by atoms with Crippen LogP contribution in [0.15, 0.2) is 48.5 Å². The van der Waals surface area contributed by atoms with Gasteiger partial charge in [-0.1, -0.05) is 31.2 Å². The van der Waals surface area contributed by atoms with E-state index in [1.54, 1.807) is 12.1 Å². The second-order valence-electron chi connectivity index (χ2n) is 7.68. The molecule has 5 rings (SSSR count). The van der Waals surface area contributed by atoms with Crippen LogP contribution in [0.25, 0.3) is 0 Å². The minimum absolute atomic E-state index is 0.157. The largest absolute Gasteiger partial charge is 0.274 e. The molecular formula is C22H22FN3O2. The Balaban J connectivity index is 1.55. The lowest BCUT2D eigenvalue weighted by Crippen LogP contribution is -2.44. The van der Waals surface area contributed by atoms with E-state index in [9.17, 15) is 14.0 Å². The van der Waals surface area contributed by atoms with Gasteiger partial charge in [-0.25, -0.2) is 19.3 Å². The third-order valence-corrected chi connectivity index (χ3v) is 6.22. The fourth-order valence-electron chi connectivity index (χ4n) is 4.91. The highest BCUT2D eigenvalue weighted by Gasteiger charge is 2.62. The van der Waals surface area contributed by atoms with Crippen molar-refractivity contribution in [3.63, 3.8) is 0 Å². The fourth-order valence-corrected chi connectivity index (χ4v) is 4.91. The molecule has 3 atom stereocenters. The monoisotopic (exact) mass is 379 g/mol. The molecule has 2 amide bonds. The van der Waals surface area contributed by atoms with Crippen LogP contribution in [0, 0.1) is 11.7 Å². The van der Waals surface area contributed by atoms with Crippen molar-refractivity contribution in [2.24, 2.45) is 5.92 Å². The molecule has 144 valence electrons. The third-order valence-electron chi connectivity index (χ3n) is 6.22. The molecule has 0 spiro atoms. The van der Waals surface area contributed by atoms with Crippen molar-refractivity contribution in [3.05, 3.63) is 65.5 Å². The topological polar surface area (TPSA) is 43.9 Å². The number of anilines is 1. The summed E-state index contributed by atoms with van der Waals surface area (Å²) in [6.07, 6.45) is 1.86. The summed E-state index contributed by atoms with van der Waals surface area (Å²) in [6.45, 7) is 3.64. The first kappa shape index (κ1) is 17.5. The number of benzene rings is 2. The summed E-state index contributed by atoms with van der Waals surface area (Å²) in [5.41, 5.74) is 2.67. The molecule has 0 saturated carbocycles. The van der Waals surface area contributed by atoms with Crippen LogP contribution in [0.1, 0.15) is 30.5 Å². The Morgan fingerprint density at radius 3 is 2.18 bits per heavy atom. The van der Waals surface area contributed by atoms with E-state index in [2.05, 4.69) is 16.9 Å². The summed E-state index contributed by atoms with van der Waals surface area (Å²) in [4.78, 5) is 28.1. The molecule has 0 bridgehead atoms. The van der Waals surface area contributed by atoms with Crippen LogP contribution in [0.4, 0.5) is 10.1 Å². The number of halogens is 1. The maximum absolute atomic E-state index is 13.4. The van der Waals surface area contributed by atoms with Crippen LogP contribution in [-0.4, -0.2) is 41.0 Å². The third kappa shape index (κ3) is 2.45. The summed E-state index contributed by atoms with van der Waals surface area (Å²) in [5, 5.41) is 4.19. The molecule has 28 heavy (non-hydrogen) atoms. The van der Waals surface area contributed by atoms with E-state index in [-0.39, 0.29) is 23.7 Å². The van der Waals surface area contributed by atoms with Crippen molar-refractivity contribution >= 4 is 17.5 Å². The van der Waals surface area contributed by atoms with Crippen molar-refractivity contribution in [1.82, 2.24) is 10.0 Å². The van der Waals surface area contributed by atoms with Crippen LogP contribution >= 0.6 is 0 Å². The van der Waals surface area contributed by atoms with E-state index in [0.717, 1.165) is 37.1 Å². The summed E-state index contributed by atoms with van der Waals surface area (Å²) >= 11 is 0. The molecule has 2 aromatic carbocycles. The van der Waals surface area contributed by atoms with E-state index >= 15 is 0 Å². The maximum atomic E-state index is 13.4. The molecule has 3 heterocycles. The molecule has 0 N–H and O–H groups in total. The number of fused-ring (bicyclic) bond motifs is 3. The summed E-state index contributed by atoms with van der Waals surface area (Å²) in [6, 6.07) is 13.2. The van der Waals surface area contributed by atoms with E-state index in [1.165, 1.54) is 17.0 Å². The predicted molar refractivity (Wildman–Crippen MR) is 103 cm³/mol. The van der Waals surface area contributed by atoms with Gasteiger partial charge < -0.3 is 0 Å². The number of hydrogen-bond donors (Lipinski definition) is 0. The quantitative estimate of drug-likeness (QED) is 0.770. The summed E-state index contributed by atoms with van der Waals surface area (Å²) < 4.78 is 13.4. The number of rotatable bonds is 3. The highest BCUT2D eigenvalue weighted by molar-refractivity contribution is 6.24. The minimum atomic E-state index is -0.476. The first-order valence-corrected chi connectivity index (χ1v) is 9.85. The van der Waals surface area contributed by atoms with Gasteiger partial charge in [-0.15, -0.1) is 0 Å². The first-order valence-electron chi connectivity index (χ1n) is 9.85. The fraction of sp³-hybridized carbons (Fsp3) is 0.364. The van der Waals surface area contributed by atoms with Gasteiger partial charge in [-0.2, -0.15) is 0 Å². The lowest BCUT2D eigenvalue weighted by Gasteiger charge is -2.29. The Hall–Kier alpha value is -2.57. The molecule has 5 nitrogen and oxygen atoms in total. The lowest BCUT2D eigenvalue weighted by molar-refractivity contribution is -0.126. The van der Waals surface area contributed by atoms with Gasteiger partial charge in [-0.05, 0) is 48.2 Å². The Bertz CT molecular complexity index is 928. The zero-order valence-electron chi connectivity index (χ0n) is 15.7. The number of carbonyl (C=O) groups is 2. The van der Waals surface area contributed by atoms with E-state index in [4.69, 9.17) is 0 Å². The van der Waals surface area contributed by atoms with Crippen molar-refractivity contribution in [2.75, 3.05) is 18.0 Å². The second-order valence-corrected chi connectivity index (χ2v) is 7.68. The van der Waals surface area contributed by atoms with Gasteiger partial charge in [0.15, 0.2) is 0 Å². The van der Waals surface area contributed by atoms with Crippen LogP contribution in [0.2, 0.25) is 0 Å². The predicted octanol–water partition coefficient (Wildman–Crippen LogP) is 2.92. The standard InChI is InChI=1S/C22H22FN3O2/c1-2-14-4-10-17(11-5-14)26-21(27)18-19(15-6-8-16(23)9-7-15)24-12-3-13-25(24)20(18)22(26)28/h4-11,18-20H,2-3,12-13H2,1H3/t18-,19-,20-/m1/s1. The summed E-state index contributed by atoms with van der Waals surface area (Å²) in [7, 11) is 0. The van der Waals surface area contributed by atoms with Gasteiger partial charge in [0.25, 0.3) is 5.91 Å². The Labute approximate surface area is 163 Å². The van der Waals surface area contributed by atoms with Crippen LogP contribution in [0.3, 0.4) is 0 Å². The maximum Gasteiger partial charge on any atom is 0.253 e. The number of imide groups is 1. The van der Waals surface area contributed by atoms with Crippen LogP contribution in [-0.2, 0) is 16.0 Å². The van der Waals surface area contributed by atoms with Crippen LogP contribution in [0.5, 0.6) is 0 Å². The van der Waals surface area contributed by atoms with Gasteiger partial charge in [-0.3, -0.25) is 9.59 Å². The average molecular weight is 379 g/mol. The minimum Gasteiger partial charge on any atom is -0.274 e. The lowest BCUT2D eigenvalue weighted by atomic mass is 9.90. The average Bonchev–Trinajstić information content (AvgIpc) is 3.35. The van der Waals surface area contributed by atoms with Gasteiger partial charge >= 0.3 is 0 Å². The van der Waals surface area contributed by atoms with Crippen molar-refractivity contribution in [3.8, 4) is 0 Å². The molecule has 0 unspecified atom stereocenters. The van der Waals surface area contributed by atoms with Crippen molar-refractivity contribution in [1.29, 1.82) is 0 Å². The molecule has 0 aliphatic carbocycles. The van der Waals surface area contributed by atoms with Gasteiger partial charge in [0.2, 0.25) is 5.91 Å². The molecule has 6 heteroatoms. The number of carbonyl (C=O) groups excluding carboxylic acids is 2. The smallest absolute Gasteiger partial charge is 0.253 e.